The molecule has 2 heteroatoms. The van der Waals surface area contributed by atoms with Crippen LogP contribution in [0.1, 0.15) is 82.6 Å². The first-order chi connectivity index (χ1) is 12.2. The minimum Gasteiger partial charge on any atom is -0.0883 e. The Morgan fingerprint density at radius 1 is 0.880 bits per heavy atom. The first-order valence-electron chi connectivity index (χ1n) is 10.3. The van der Waals surface area contributed by atoms with Crippen molar-refractivity contribution in [3.05, 3.63) is 46.0 Å². The Bertz CT molecular complexity index is 561. The van der Waals surface area contributed by atoms with E-state index in [1.54, 1.807) is 0 Å². The molecule has 0 unspecified atom stereocenters. The summed E-state index contributed by atoms with van der Waals surface area (Å²) in [6.07, 6.45) is 18.6. The highest BCUT2D eigenvalue weighted by Crippen LogP contribution is 2.44. The molecule has 0 atom stereocenters. The van der Waals surface area contributed by atoms with Gasteiger partial charge in [-0.1, -0.05) is 54.8 Å². The van der Waals surface area contributed by atoms with Crippen molar-refractivity contribution >= 4 is 23.2 Å². The lowest BCUT2D eigenvalue weighted by Crippen LogP contribution is -2.25. The predicted octanol–water partition coefficient (Wildman–Crippen LogP) is 8.43. The maximum Gasteiger partial charge on any atom is 0.0595 e. The van der Waals surface area contributed by atoms with Crippen molar-refractivity contribution in [3.63, 3.8) is 0 Å². The fourth-order valence-corrected chi connectivity index (χ4v) is 5.26. The summed E-state index contributed by atoms with van der Waals surface area (Å²) in [5, 5.41) is 1.37. The Hall–Kier alpha value is -0.460. The van der Waals surface area contributed by atoms with Crippen LogP contribution in [0.15, 0.2) is 30.4 Å². The molecule has 0 bridgehead atoms. The Balaban J connectivity index is 1.46. The first-order valence-corrected chi connectivity index (χ1v) is 11.0. The summed E-state index contributed by atoms with van der Waals surface area (Å²) in [6, 6.07) is 6.22. The molecule has 0 aliphatic heterocycles. The molecule has 1 aromatic rings. The largest absolute Gasteiger partial charge is 0.0883 e. The van der Waals surface area contributed by atoms with E-state index in [1.807, 2.05) is 6.07 Å². The summed E-state index contributed by atoms with van der Waals surface area (Å²) >= 11 is 12.3. The Labute approximate surface area is 164 Å². The third kappa shape index (κ3) is 5.27. The Morgan fingerprint density at radius 2 is 1.52 bits per heavy atom. The maximum absolute atomic E-state index is 6.21. The molecule has 2 aliphatic rings. The second-order valence-corrected chi connectivity index (χ2v) is 8.99. The zero-order valence-corrected chi connectivity index (χ0v) is 17.0. The van der Waals surface area contributed by atoms with Crippen molar-refractivity contribution in [2.45, 2.75) is 77.0 Å². The second kappa shape index (κ2) is 9.47. The van der Waals surface area contributed by atoms with Gasteiger partial charge in [-0.05, 0) is 99.2 Å². The molecule has 0 nitrogen and oxygen atoms in total. The van der Waals surface area contributed by atoms with Crippen LogP contribution in [0.2, 0.25) is 10.0 Å². The molecule has 0 radical (unpaired) electrons. The van der Waals surface area contributed by atoms with Crippen LogP contribution in [0.4, 0.5) is 0 Å². The smallest absolute Gasteiger partial charge is 0.0595 e. The molecule has 3 rings (SSSR count). The van der Waals surface area contributed by atoms with Crippen molar-refractivity contribution in [3.8, 4) is 0 Å². The topological polar surface area (TPSA) is 0 Å². The molecule has 138 valence electrons. The third-order valence-electron chi connectivity index (χ3n) is 6.53. The molecular formula is C23H32Cl2. The van der Waals surface area contributed by atoms with Gasteiger partial charge in [0.15, 0.2) is 0 Å². The van der Waals surface area contributed by atoms with E-state index in [4.69, 9.17) is 23.2 Å². The number of rotatable bonds is 5. The molecule has 0 saturated heterocycles. The Morgan fingerprint density at radius 3 is 2.12 bits per heavy atom. The van der Waals surface area contributed by atoms with E-state index < -0.39 is 0 Å². The molecular weight excluding hydrogens is 347 g/mol. The van der Waals surface area contributed by atoms with Gasteiger partial charge in [0, 0.05) is 0 Å². The number of benzene rings is 1. The Kier molecular flexibility index (Phi) is 7.31. The van der Waals surface area contributed by atoms with Gasteiger partial charge in [0.1, 0.15) is 0 Å². The van der Waals surface area contributed by atoms with Crippen LogP contribution >= 0.6 is 23.2 Å². The van der Waals surface area contributed by atoms with Crippen molar-refractivity contribution in [2.24, 2.45) is 17.8 Å². The molecule has 0 N–H and O–H groups in total. The minimum absolute atomic E-state index is 0.670. The molecule has 0 heterocycles. The molecule has 2 aliphatic carbocycles. The van der Waals surface area contributed by atoms with Crippen LogP contribution in [0.5, 0.6) is 0 Å². The third-order valence-corrected chi connectivity index (χ3v) is 7.27. The average molecular weight is 379 g/mol. The SMILES string of the molecule is CCCC=CC1CCC(C2CCC(c3ccc(Cl)c(Cl)c3)CC2)CC1. The minimum atomic E-state index is 0.670. The van der Waals surface area contributed by atoms with E-state index in [-0.39, 0.29) is 0 Å². The lowest BCUT2D eigenvalue weighted by Gasteiger charge is -2.37. The molecule has 25 heavy (non-hydrogen) atoms. The van der Waals surface area contributed by atoms with Gasteiger partial charge in [-0.25, -0.2) is 0 Å². The summed E-state index contributed by atoms with van der Waals surface area (Å²) < 4.78 is 0. The molecule has 2 saturated carbocycles. The normalized spacial score (nSPS) is 30.7. The van der Waals surface area contributed by atoms with Gasteiger partial charge in [0.2, 0.25) is 0 Å². The second-order valence-electron chi connectivity index (χ2n) is 8.18. The molecule has 0 amide bonds. The van der Waals surface area contributed by atoms with Gasteiger partial charge in [0.25, 0.3) is 0 Å². The molecule has 0 spiro atoms. The maximum atomic E-state index is 6.21. The molecule has 2 fully saturated rings. The zero-order valence-electron chi connectivity index (χ0n) is 15.5. The van der Waals surface area contributed by atoms with Crippen LogP contribution in [-0.4, -0.2) is 0 Å². The quantitative estimate of drug-likeness (QED) is 0.450. The van der Waals surface area contributed by atoms with Gasteiger partial charge >= 0.3 is 0 Å². The fourth-order valence-electron chi connectivity index (χ4n) is 4.95. The van der Waals surface area contributed by atoms with E-state index in [2.05, 4.69) is 31.2 Å². The van der Waals surface area contributed by atoms with Crippen LogP contribution in [0.3, 0.4) is 0 Å². The molecule has 1 aromatic carbocycles. The van der Waals surface area contributed by atoms with Gasteiger partial charge in [-0.15, -0.1) is 0 Å². The number of halogens is 2. The van der Waals surface area contributed by atoms with Crippen molar-refractivity contribution < 1.29 is 0 Å². The van der Waals surface area contributed by atoms with E-state index in [9.17, 15) is 0 Å². The monoisotopic (exact) mass is 378 g/mol. The van der Waals surface area contributed by atoms with Crippen molar-refractivity contribution in [1.29, 1.82) is 0 Å². The number of hydrogen-bond donors (Lipinski definition) is 0. The lowest BCUT2D eigenvalue weighted by atomic mass is 9.68. The number of allylic oxidation sites excluding steroid dienone is 2. The van der Waals surface area contributed by atoms with Crippen LogP contribution in [0, 0.1) is 17.8 Å². The van der Waals surface area contributed by atoms with Gasteiger partial charge < -0.3 is 0 Å². The highest BCUT2D eigenvalue weighted by atomic mass is 35.5. The summed E-state index contributed by atoms with van der Waals surface area (Å²) in [6.45, 7) is 2.26. The van der Waals surface area contributed by atoms with E-state index in [1.165, 1.54) is 69.8 Å². The van der Waals surface area contributed by atoms with Crippen LogP contribution in [0.25, 0.3) is 0 Å². The van der Waals surface area contributed by atoms with E-state index in [0.717, 1.165) is 17.8 Å². The highest BCUT2D eigenvalue weighted by molar-refractivity contribution is 6.42. The van der Waals surface area contributed by atoms with Crippen molar-refractivity contribution in [2.75, 3.05) is 0 Å². The fraction of sp³-hybridized carbons (Fsp3) is 0.652. The molecule has 0 aromatic heterocycles. The van der Waals surface area contributed by atoms with Gasteiger partial charge in [-0.3, -0.25) is 0 Å². The highest BCUT2D eigenvalue weighted by Gasteiger charge is 2.30. The lowest BCUT2D eigenvalue weighted by molar-refractivity contribution is 0.171. The number of unbranched alkanes of at least 4 members (excludes halogenated alkanes) is 1. The van der Waals surface area contributed by atoms with Gasteiger partial charge in [0.05, 0.1) is 10.0 Å². The van der Waals surface area contributed by atoms with E-state index in [0.29, 0.717) is 16.0 Å². The van der Waals surface area contributed by atoms with Crippen molar-refractivity contribution in [1.82, 2.24) is 0 Å². The predicted molar refractivity (Wildman–Crippen MR) is 111 cm³/mol. The standard InChI is InChI=1S/C23H32Cl2/c1-2-3-4-5-17-6-8-18(9-7-17)19-10-12-20(13-11-19)21-14-15-22(24)23(25)16-21/h4-5,14-20H,2-3,6-13H2,1H3. The van der Waals surface area contributed by atoms with Crippen LogP contribution < -0.4 is 0 Å². The summed E-state index contributed by atoms with van der Waals surface area (Å²) in [5.41, 5.74) is 1.39. The van der Waals surface area contributed by atoms with Gasteiger partial charge in [-0.2, -0.15) is 0 Å². The first kappa shape index (κ1) is 19.3. The van der Waals surface area contributed by atoms with Crippen LogP contribution in [-0.2, 0) is 0 Å². The zero-order chi connectivity index (χ0) is 17.6. The summed E-state index contributed by atoms with van der Waals surface area (Å²) in [5.74, 6) is 3.47. The summed E-state index contributed by atoms with van der Waals surface area (Å²) in [7, 11) is 0. The number of hydrogen-bond acceptors (Lipinski definition) is 0. The average Bonchev–Trinajstić information content (AvgIpc) is 2.65. The van der Waals surface area contributed by atoms with E-state index >= 15 is 0 Å². The summed E-state index contributed by atoms with van der Waals surface area (Å²) in [4.78, 5) is 0.